The number of hydrogen-bond acceptors (Lipinski definition) is 5. The molecule has 130 valence electrons. The Balaban J connectivity index is 2.10. The number of methoxy groups -OCH3 is 2. The first-order chi connectivity index (χ1) is 11.9. The van der Waals surface area contributed by atoms with Crippen LogP contribution in [0.2, 0.25) is 0 Å². The Hall–Kier alpha value is -2.61. The van der Waals surface area contributed by atoms with Gasteiger partial charge in [-0.15, -0.1) is 0 Å². The van der Waals surface area contributed by atoms with Gasteiger partial charge in [-0.3, -0.25) is 4.79 Å². The highest BCUT2D eigenvalue weighted by Gasteiger charge is 2.47. The van der Waals surface area contributed by atoms with Crippen LogP contribution in [0.15, 0.2) is 29.8 Å². The molecule has 25 heavy (non-hydrogen) atoms. The molecule has 5 heteroatoms. The number of nitriles is 1. The van der Waals surface area contributed by atoms with Gasteiger partial charge in [0.1, 0.15) is 5.75 Å². The highest BCUT2D eigenvalue weighted by molar-refractivity contribution is 6.00. The molecule has 3 rings (SSSR count). The number of fused-ring (bicyclic) bond motifs is 3. The molecule has 2 aliphatic rings. The molecule has 1 saturated carbocycles. The topological polar surface area (TPSA) is 76.4 Å². The number of rotatable bonds is 2. The smallest absolute Gasteiger partial charge is 0.330 e. The third-order valence-electron chi connectivity index (χ3n) is 5.56. The molecule has 0 saturated heterocycles. The van der Waals surface area contributed by atoms with E-state index in [1.807, 2.05) is 19.1 Å². The fraction of sp³-hybridized carbons (Fsp3) is 0.450. The summed E-state index contributed by atoms with van der Waals surface area (Å²) in [5.41, 5.74) is 1.64. The van der Waals surface area contributed by atoms with Gasteiger partial charge in [0.15, 0.2) is 5.78 Å². The summed E-state index contributed by atoms with van der Waals surface area (Å²) >= 11 is 0. The van der Waals surface area contributed by atoms with Crippen LogP contribution in [-0.4, -0.2) is 26.0 Å². The van der Waals surface area contributed by atoms with Crippen LogP contribution in [0, 0.1) is 22.7 Å². The Bertz CT molecular complexity index is 804. The van der Waals surface area contributed by atoms with Gasteiger partial charge in [0.2, 0.25) is 0 Å². The Morgan fingerprint density at radius 1 is 1.36 bits per heavy atom. The van der Waals surface area contributed by atoms with Crippen LogP contribution >= 0.6 is 0 Å². The summed E-state index contributed by atoms with van der Waals surface area (Å²) in [6.07, 6.45) is 3.17. The first-order valence-corrected chi connectivity index (χ1v) is 8.36. The van der Waals surface area contributed by atoms with Crippen LogP contribution in [0.3, 0.4) is 0 Å². The van der Waals surface area contributed by atoms with Crippen LogP contribution in [0.1, 0.15) is 48.0 Å². The van der Waals surface area contributed by atoms with E-state index in [1.165, 1.54) is 13.2 Å². The second-order valence-electron chi connectivity index (χ2n) is 6.90. The Morgan fingerprint density at radius 3 is 2.76 bits per heavy atom. The van der Waals surface area contributed by atoms with E-state index in [9.17, 15) is 14.9 Å². The lowest BCUT2D eigenvalue weighted by molar-refractivity contribution is -0.135. The number of esters is 1. The summed E-state index contributed by atoms with van der Waals surface area (Å²) in [4.78, 5) is 24.6. The highest BCUT2D eigenvalue weighted by Crippen LogP contribution is 2.54. The number of allylic oxidation sites excluding steroid dienone is 1. The van der Waals surface area contributed by atoms with E-state index in [4.69, 9.17) is 9.47 Å². The van der Waals surface area contributed by atoms with Gasteiger partial charge in [0.05, 0.1) is 25.7 Å². The lowest BCUT2D eigenvalue weighted by Crippen LogP contribution is -2.37. The molecule has 0 heterocycles. The molecule has 0 aliphatic heterocycles. The number of nitrogens with zero attached hydrogens (tertiary/aromatic N) is 1. The van der Waals surface area contributed by atoms with E-state index in [0.29, 0.717) is 29.7 Å². The van der Waals surface area contributed by atoms with Gasteiger partial charge in [0, 0.05) is 18.1 Å². The van der Waals surface area contributed by atoms with Gasteiger partial charge < -0.3 is 9.47 Å². The summed E-state index contributed by atoms with van der Waals surface area (Å²) in [6, 6.07) is 7.93. The SMILES string of the molecule is COC(=O)/C=C1\C2CC(=O)c3cc(OC)ccc3C2CCC1(C)C#N. The number of Topliss-reactive ketones (excluding diaryl/α,β-unsaturated/α-hetero) is 1. The number of benzene rings is 1. The van der Waals surface area contributed by atoms with Crippen LogP contribution in [-0.2, 0) is 9.53 Å². The van der Waals surface area contributed by atoms with Crippen molar-refractivity contribution in [3.63, 3.8) is 0 Å². The van der Waals surface area contributed by atoms with Gasteiger partial charge in [0.25, 0.3) is 0 Å². The van der Waals surface area contributed by atoms with E-state index >= 15 is 0 Å². The number of carbonyl (C=O) groups excluding carboxylic acids is 2. The average Bonchev–Trinajstić information content (AvgIpc) is 2.63. The average molecular weight is 339 g/mol. The minimum absolute atomic E-state index is 0.0214. The molecule has 0 N–H and O–H groups in total. The van der Waals surface area contributed by atoms with Crippen molar-refractivity contribution in [1.82, 2.24) is 0 Å². The fourth-order valence-corrected chi connectivity index (χ4v) is 4.15. The zero-order valence-corrected chi connectivity index (χ0v) is 14.7. The quantitative estimate of drug-likeness (QED) is 0.609. The third-order valence-corrected chi connectivity index (χ3v) is 5.56. The molecule has 1 fully saturated rings. The molecular formula is C20H21NO4. The first-order valence-electron chi connectivity index (χ1n) is 8.36. The zero-order chi connectivity index (χ0) is 18.2. The maximum atomic E-state index is 12.7. The van der Waals surface area contributed by atoms with Crippen molar-refractivity contribution in [2.45, 2.75) is 32.1 Å². The van der Waals surface area contributed by atoms with Crippen molar-refractivity contribution in [3.05, 3.63) is 41.0 Å². The maximum Gasteiger partial charge on any atom is 0.330 e. The molecule has 1 aromatic rings. The standard InChI is InChI=1S/C20H21NO4/c1-20(11-21)7-6-14-13-5-4-12(24-2)8-16(13)18(22)9-15(14)17(20)10-19(23)25-3/h4-5,8,10,14-15H,6-7,9H2,1-3H3/b17-10+. The normalized spacial score (nSPS) is 29.4. The maximum absolute atomic E-state index is 12.7. The summed E-state index contributed by atoms with van der Waals surface area (Å²) < 4.78 is 10.0. The van der Waals surface area contributed by atoms with E-state index < -0.39 is 11.4 Å². The van der Waals surface area contributed by atoms with Crippen molar-refractivity contribution in [3.8, 4) is 11.8 Å². The van der Waals surface area contributed by atoms with Crippen molar-refractivity contribution in [2.24, 2.45) is 11.3 Å². The summed E-state index contributed by atoms with van der Waals surface area (Å²) in [7, 11) is 2.89. The number of ketones is 1. The molecule has 3 atom stereocenters. The molecular weight excluding hydrogens is 318 g/mol. The van der Waals surface area contributed by atoms with Crippen molar-refractivity contribution in [2.75, 3.05) is 14.2 Å². The zero-order valence-electron chi connectivity index (χ0n) is 14.7. The minimum Gasteiger partial charge on any atom is -0.497 e. The van der Waals surface area contributed by atoms with Gasteiger partial charge in [-0.2, -0.15) is 5.26 Å². The van der Waals surface area contributed by atoms with Crippen LogP contribution in [0.5, 0.6) is 5.75 Å². The molecule has 0 spiro atoms. The molecule has 3 unspecified atom stereocenters. The van der Waals surface area contributed by atoms with E-state index in [-0.39, 0.29) is 17.6 Å². The number of ether oxygens (including phenoxy) is 2. The minimum atomic E-state index is -0.750. The van der Waals surface area contributed by atoms with E-state index in [1.54, 1.807) is 13.2 Å². The third kappa shape index (κ3) is 2.82. The predicted octanol–water partition coefficient (Wildman–Crippen LogP) is 3.40. The van der Waals surface area contributed by atoms with Gasteiger partial charge >= 0.3 is 5.97 Å². The van der Waals surface area contributed by atoms with Crippen LogP contribution < -0.4 is 4.74 Å². The Kier molecular flexibility index (Phi) is 4.38. The second kappa shape index (κ2) is 6.36. The van der Waals surface area contributed by atoms with E-state index in [0.717, 1.165) is 12.0 Å². The van der Waals surface area contributed by atoms with Gasteiger partial charge in [-0.25, -0.2) is 4.79 Å². The molecule has 2 aliphatic carbocycles. The number of hydrogen-bond donors (Lipinski definition) is 0. The lowest BCUT2D eigenvalue weighted by Gasteiger charge is -2.44. The van der Waals surface area contributed by atoms with Gasteiger partial charge in [-0.1, -0.05) is 6.07 Å². The molecule has 5 nitrogen and oxygen atoms in total. The second-order valence-corrected chi connectivity index (χ2v) is 6.90. The van der Waals surface area contributed by atoms with Crippen molar-refractivity contribution < 1.29 is 19.1 Å². The summed E-state index contributed by atoms with van der Waals surface area (Å²) in [5, 5.41) is 9.68. The van der Waals surface area contributed by atoms with Crippen LogP contribution in [0.25, 0.3) is 0 Å². The predicted molar refractivity (Wildman–Crippen MR) is 91.2 cm³/mol. The summed E-state index contributed by atoms with van der Waals surface area (Å²) in [6.45, 7) is 1.84. The lowest BCUT2D eigenvalue weighted by atomic mass is 9.58. The fourth-order valence-electron chi connectivity index (χ4n) is 4.15. The van der Waals surface area contributed by atoms with E-state index in [2.05, 4.69) is 6.07 Å². The first kappa shape index (κ1) is 17.2. The molecule has 1 aromatic carbocycles. The molecule has 0 bridgehead atoms. The van der Waals surface area contributed by atoms with Crippen molar-refractivity contribution in [1.29, 1.82) is 5.26 Å². The highest BCUT2D eigenvalue weighted by atomic mass is 16.5. The van der Waals surface area contributed by atoms with Crippen molar-refractivity contribution >= 4 is 11.8 Å². The molecule has 0 amide bonds. The van der Waals surface area contributed by atoms with Crippen LogP contribution in [0.4, 0.5) is 0 Å². The Labute approximate surface area is 147 Å². The Morgan fingerprint density at radius 2 is 2.12 bits per heavy atom. The largest absolute Gasteiger partial charge is 0.497 e. The number of carbonyl (C=O) groups is 2. The molecule has 0 radical (unpaired) electrons. The summed E-state index contributed by atoms with van der Waals surface area (Å²) in [5.74, 6) is 0.175. The molecule has 0 aromatic heterocycles. The monoisotopic (exact) mass is 339 g/mol. The van der Waals surface area contributed by atoms with Gasteiger partial charge in [-0.05, 0) is 54.9 Å².